The first kappa shape index (κ1) is 21.2. The molecule has 0 radical (unpaired) electrons. The quantitative estimate of drug-likeness (QED) is 0.433. The van der Waals surface area contributed by atoms with Crippen molar-refractivity contribution in [1.82, 2.24) is 0 Å². The van der Waals surface area contributed by atoms with Gasteiger partial charge in [-0.15, -0.1) is 0 Å². The van der Waals surface area contributed by atoms with Crippen molar-refractivity contribution >= 4 is 11.4 Å². The van der Waals surface area contributed by atoms with Crippen LogP contribution in [0.1, 0.15) is 57.2 Å². The molecule has 1 aliphatic carbocycles. The van der Waals surface area contributed by atoms with Crippen LogP contribution in [0.25, 0.3) is 0 Å². The summed E-state index contributed by atoms with van der Waals surface area (Å²) in [7, 11) is 0. The highest BCUT2D eigenvalue weighted by Gasteiger charge is 2.25. The number of hydrogen-bond donors (Lipinski definition) is 1. The number of rotatable bonds is 6. The molecular formula is C30H33N. The summed E-state index contributed by atoms with van der Waals surface area (Å²) in [5.74, 6) is 0. The lowest BCUT2D eigenvalue weighted by atomic mass is 9.76. The van der Waals surface area contributed by atoms with Gasteiger partial charge < -0.3 is 5.32 Å². The molecule has 1 heteroatoms. The lowest BCUT2D eigenvalue weighted by Gasteiger charge is -2.29. The topological polar surface area (TPSA) is 12.0 Å². The van der Waals surface area contributed by atoms with Crippen LogP contribution in [0.5, 0.6) is 0 Å². The Labute approximate surface area is 187 Å². The Hall–Kier alpha value is -3.06. The minimum atomic E-state index is -0.0186. The fourth-order valence-corrected chi connectivity index (χ4v) is 4.37. The van der Waals surface area contributed by atoms with E-state index in [2.05, 4.69) is 130 Å². The summed E-state index contributed by atoms with van der Waals surface area (Å²) in [6.07, 6.45) is 9.25. The van der Waals surface area contributed by atoms with Crippen LogP contribution in [0.15, 0.2) is 103 Å². The van der Waals surface area contributed by atoms with Crippen molar-refractivity contribution < 1.29 is 0 Å². The monoisotopic (exact) mass is 407 g/mol. The van der Waals surface area contributed by atoms with Crippen molar-refractivity contribution in [3.63, 3.8) is 0 Å². The first-order valence-corrected chi connectivity index (χ1v) is 11.3. The van der Waals surface area contributed by atoms with Gasteiger partial charge in [-0.05, 0) is 59.4 Å². The maximum absolute atomic E-state index is 3.55. The van der Waals surface area contributed by atoms with Crippen molar-refractivity contribution in [2.75, 3.05) is 5.32 Å². The number of hydrogen-bond acceptors (Lipinski definition) is 1. The van der Waals surface area contributed by atoms with Gasteiger partial charge in [0, 0.05) is 22.2 Å². The van der Waals surface area contributed by atoms with Crippen LogP contribution < -0.4 is 5.32 Å². The van der Waals surface area contributed by atoms with Gasteiger partial charge in [0.15, 0.2) is 0 Å². The molecule has 0 atom stereocenters. The van der Waals surface area contributed by atoms with Crippen LogP contribution >= 0.6 is 0 Å². The average molecular weight is 408 g/mol. The SMILES string of the molecule is CC(C)(C1=CCCC=C1)c1ccc(Nc2ccc(C(C)(C)c3ccccc3)cc2)cc1. The number of nitrogens with one attached hydrogen (secondary N) is 1. The molecule has 1 aliphatic rings. The van der Waals surface area contributed by atoms with Crippen molar-refractivity contribution in [1.29, 1.82) is 0 Å². The lowest BCUT2D eigenvalue weighted by molar-refractivity contribution is 0.631. The minimum Gasteiger partial charge on any atom is -0.356 e. The fraction of sp³-hybridized carbons (Fsp3) is 0.267. The van der Waals surface area contributed by atoms with E-state index >= 15 is 0 Å². The largest absolute Gasteiger partial charge is 0.356 e. The van der Waals surface area contributed by atoms with Gasteiger partial charge in [0.1, 0.15) is 0 Å². The van der Waals surface area contributed by atoms with E-state index in [1.54, 1.807) is 0 Å². The second-order valence-corrected chi connectivity index (χ2v) is 9.53. The second kappa shape index (κ2) is 8.59. The standard InChI is InChI=1S/C30H33N/c1-29(2,23-11-7-5-8-12-23)25-15-19-27(20-16-25)31-28-21-17-26(18-22-28)30(3,4)24-13-9-6-10-14-24/h5,7-9,11-22,31H,6,10H2,1-4H3. The first-order valence-electron chi connectivity index (χ1n) is 11.3. The van der Waals surface area contributed by atoms with E-state index in [0.717, 1.165) is 24.2 Å². The number of allylic oxidation sites excluding steroid dienone is 4. The molecule has 0 bridgehead atoms. The molecular weight excluding hydrogens is 374 g/mol. The fourth-order valence-electron chi connectivity index (χ4n) is 4.37. The van der Waals surface area contributed by atoms with Gasteiger partial charge in [-0.25, -0.2) is 0 Å². The van der Waals surface area contributed by atoms with Gasteiger partial charge >= 0.3 is 0 Å². The van der Waals surface area contributed by atoms with Crippen molar-refractivity contribution in [2.45, 2.75) is 51.4 Å². The summed E-state index contributed by atoms with van der Waals surface area (Å²) in [6, 6.07) is 28.4. The first-order chi connectivity index (χ1) is 14.9. The second-order valence-electron chi connectivity index (χ2n) is 9.53. The molecule has 3 aromatic carbocycles. The molecule has 0 spiro atoms. The van der Waals surface area contributed by atoms with Gasteiger partial charge in [0.25, 0.3) is 0 Å². The Bertz CT molecular complexity index is 1070. The zero-order valence-corrected chi connectivity index (χ0v) is 19.2. The minimum absolute atomic E-state index is 0.0186. The molecule has 0 saturated heterocycles. The Morgan fingerprint density at radius 2 is 1.10 bits per heavy atom. The van der Waals surface area contributed by atoms with E-state index in [-0.39, 0.29) is 10.8 Å². The zero-order chi connectivity index (χ0) is 21.9. The van der Waals surface area contributed by atoms with E-state index < -0.39 is 0 Å². The van der Waals surface area contributed by atoms with Gasteiger partial charge in [-0.2, -0.15) is 0 Å². The van der Waals surface area contributed by atoms with Crippen LogP contribution in [0, 0.1) is 0 Å². The van der Waals surface area contributed by atoms with Crippen LogP contribution in [0.4, 0.5) is 11.4 Å². The van der Waals surface area contributed by atoms with Crippen LogP contribution in [0.2, 0.25) is 0 Å². The smallest absolute Gasteiger partial charge is 0.0384 e. The van der Waals surface area contributed by atoms with Crippen LogP contribution in [0.3, 0.4) is 0 Å². The number of anilines is 2. The Morgan fingerprint density at radius 1 is 0.581 bits per heavy atom. The van der Waals surface area contributed by atoms with E-state index in [1.807, 2.05) is 0 Å². The molecule has 0 aliphatic heterocycles. The molecule has 0 fully saturated rings. The molecule has 0 amide bonds. The average Bonchev–Trinajstić information content (AvgIpc) is 2.81. The van der Waals surface area contributed by atoms with Gasteiger partial charge in [0.2, 0.25) is 0 Å². The van der Waals surface area contributed by atoms with E-state index in [9.17, 15) is 0 Å². The summed E-state index contributed by atoms with van der Waals surface area (Å²) >= 11 is 0. The Morgan fingerprint density at radius 3 is 1.61 bits per heavy atom. The highest BCUT2D eigenvalue weighted by molar-refractivity contribution is 5.61. The summed E-state index contributed by atoms with van der Waals surface area (Å²) < 4.78 is 0. The molecule has 0 unspecified atom stereocenters. The molecule has 4 rings (SSSR count). The maximum atomic E-state index is 3.55. The molecule has 0 aromatic heterocycles. The Kier molecular flexibility index (Phi) is 5.87. The third-order valence-corrected chi connectivity index (χ3v) is 6.71. The normalized spacial score (nSPS) is 14.3. The molecule has 158 valence electrons. The lowest BCUT2D eigenvalue weighted by Crippen LogP contribution is -2.20. The Balaban J connectivity index is 1.47. The molecule has 1 N–H and O–H groups in total. The van der Waals surface area contributed by atoms with Crippen molar-refractivity contribution in [2.24, 2.45) is 0 Å². The third kappa shape index (κ3) is 4.51. The molecule has 3 aromatic rings. The number of benzene rings is 3. The molecule has 0 heterocycles. The van der Waals surface area contributed by atoms with Crippen molar-refractivity contribution in [3.05, 3.63) is 119 Å². The van der Waals surface area contributed by atoms with E-state index in [4.69, 9.17) is 0 Å². The highest BCUT2D eigenvalue weighted by Crippen LogP contribution is 2.35. The van der Waals surface area contributed by atoms with Crippen LogP contribution in [-0.2, 0) is 10.8 Å². The molecule has 0 saturated carbocycles. The van der Waals surface area contributed by atoms with Gasteiger partial charge in [-0.3, -0.25) is 0 Å². The zero-order valence-electron chi connectivity index (χ0n) is 19.2. The third-order valence-electron chi connectivity index (χ3n) is 6.71. The molecule has 31 heavy (non-hydrogen) atoms. The summed E-state index contributed by atoms with van der Waals surface area (Å²) in [4.78, 5) is 0. The highest BCUT2D eigenvalue weighted by atomic mass is 14.9. The summed E-state index contributed by atoms with van der Waals surface area (Å²) in [5.41, 5.74) is 7.63. The summed E-state index contributed by atoms with van der Waals surface area (Å²) in [6.45, 7) is 9.18. The summed E-state index contributed by atoms with van der Waals surface area (Å²) in [5, 5.41) is 3.55. The van der Waals surface area contributed by atoms with Crippen molar-refractivity contribution in [3.8, 4) is 0 Å². The van der Waals surface area contributed by atoms with Gasteiger partial charge in [0.05, 0.1) is 0 Å². The van der Waals surface area contributed by atoms with E-state index in [0.29, 0.717) is 0 Å². The maximum Gasteiger partial charge on any atom is 0.0384 e. The molecule has 1 nitrogen and oxygen atoms in total. The van der Waals surface area contributed by atoms with Gasteiger partial charge in [-0.1, -0.05) is 101 Å². The van der Waals surface area contributed by atoms with E-state index in [1.165, 1.54) is 22.3 Å². The predicted octanol–water partition coefficient (Wildman–Crippen LogP) is 8.31. The predicted molar refractivity (Wildman–Crippen MR) is 134 cm³/mol. The van der Waals surface area contributed by atoms with Crippen LogP contribution in [-0.4, -0.2) is 0 Å².